The molecule has 124 valence electrons. The fraction of sp³-hybridized carbons (Fsp3) is 0.632. The van der Waals surface area contributed by atoms with Gasteiger partial charge < -0.3 is 10.2 Å². The second kappa shape index (κ2) is 5.91. The largest absolute Gasteiger partial charge is 0.336 e. The molecule has 2 heterocycles. The third-order valence-corrected chi connectivity index (χ3v) is 5.79. The second-order valence-corrected chi connectivity index (χ2v) is 7.70. The standard InChI is InChI=1S/C19H27N3O/c1-13-5-14(2)7-15(6-13)10-22-4-3-21(12-19(22)23)11-18-16-8-20-9-17(16)18/h5-7,16-18,20H,3-4,8-12H2,1-2H3/t16-,17+,18?. The Morgan fingerprint density at radius 1 is 1.09 bits per heavy atom. The van der Waals surface area contributed by atoms with E-state index in [9.17, 15) is 4.79 Å². The van der Waals surface area contributed by atoms with E-state index in [2.05, 4.69) is 42.3 Å². The number of rotatable bonds is 4. The zero-order valence-electron chi connectivity index (χ0n) is 14.2. The first-order chi connectivity index (χ1) is 11.1. The number of aryl methyl sites for hydroxylation is 2. The molecule has 2 aliphatic heterocycles. The van der Waals surface area contributed by atoms with Gasteiger partial charge in [-0.1, -0.05) is 29.3 Å². The maximum atomic E-state index is 12.5. The molecule has 0 aromatic heterocycles. The van der Waals surface area contributed by atoms with Crippen LogP contribution < -0.4 is 5.32 Å². The number of piperidine rings is 1. The van der Waals surface area contributed by atoms with Crippen LogP contribution in [0.3, 0.4) is 0 Å². The van der Waals surface area contributed by atoms with Gasteiger partial charge >= 0.3 is 0 Å². The molecule has 2 saturated heterocycles. The molecule has 1 amide bonds. The zero-order valence-corrected chi connectivity index (χ0v) is 14.2. The summed E-state index contributed by atoms with van der Waals surface area (Å²) in [6, 6.07) is 6.58. The van der Waals surface area contributed by atoms with E-state index in [0.29, 0.717) is 12.5 Å². The maximum absolute atomic E-state index is 12.5. The molecule has 1 aliphatic carbocycles. The van der Waals surface area contributed by atoms with Gasteiger partial charge in [0.1, 0.15) is 0 Å². The summed E-state index contributed by atoms with van der Waals surface area (Å²) < 4.78 is 0. The predicted octanol–water partition coefficient (Wildman–Crippen LogP) is 1.41. The third kappa shape index (κ3) is 3.15. The number of benzene rings is 1. The van der Waals surface area contributed by atoms with Gasteiger partial charge in [0, 0.05) is 26.2 Å². The molecule has 3 aliphatic rings. The van der Waals surface area contributed by atoms with Gasteiger partial charge in [-0.25, -0.2) is 0 Å². The van der Waals surface area contributed by atoms with E-state index in [1.807, 2.05) is 4.90 Å². The lowest BCUT2D eigenvalue weighted by molar-refractivity contribution is -0.136. The molecule has 1 aromatic carbocycles. The van der Waals surface area contributed by atoms with E-state index in [0.717, 1.165) is 43.9 Å². The van der Waals surface area contributed by atoms with Crippen molar-refractivity contribution in [1.29, 1.82) is 0 Å². The predicted molar refractivity (Wildman–Crippen MR) is 91.1 cm³/mol. The van der Waals surface area contributed by atoms with Crippen molar-refractivity contribution in [3.8, 4) is 0 Å². The first kappa shape index (κ1) is 15.2. The SMILES string of the molecule is Cc1cc(C)cc(CN2CCN(CC3[C@H]4CNC[C@@H]34)CC2=O)c1. The summed E-state index contributed by atoms with van der Waals surface area (Å²) in [5.41, 5.74) is 3.81. The lowest BCUT2D eigenvalue weighted by atomic mass is 10.1. The minimum Gasteiger partial charge on any atom is -0.336 e. The van der Waals surface area contributed by atoms with Gasteiger partial charge in [-0.05, 0) is 50.3 Å². The van der Waals surface area contributed by atoms with E-state index < -0.39 is 0 Å². The Hall–Kier alpha value is -1.39. The summed E-state index contributed by atoms with van der Waals surface area (Å²) in [7, 11) is 0. The summed E-state index contributed by atoms with van der Waals surface area (Å²) in [6.07, 6.45) is 0. The first-order valence-corrected chi connectivity index (χ1v) is 8.88. The van der Waals surface area contributed by atoms with E-state index in [4.69, 9.17) is 0 Å². The molecule has 0 spiro atoms. The average molecular weight is 313 g/mol. The second-order valence-electron chi connectivity index (χ2n) is 7.70. The smallest absolute Gasteiger partial charge is 0.237 e. The van der Waals surface area contributed by atoms with Crippen LogP contribution >= 0.6 is 0 Å². The highest BCUT2D eigenvalue weighted by atomic mass is 16.2. The quantitative estimate of drug-likeness (QED) is 0.913. The number of hydrogen-bond acceptors (Lipinski definition) is 3. The number of fused-ring (bicyclic) bond motifs is 1. The molecule has 1 saturated carbocycles. The monoisotopic (exact) mass is 313 g/mol. The van der Waals surface area contributed by atoms with Crippen LogP contribution in [0.1, 0.15) is 16.7 Å². The number of amides is 1. The van der Waals surface area contributed by atoms with Crippen LogP contribution in [0.15, 0.2) is 18.2 Å². The lowest BCUT2D eigenvalue weighted by Crippen LogP contribution is -2.50. The van der Waals surface area contributed by atoms with Crippen molar-refractivity contribution >= 4 is 5.91 Å². The molecule has 4 rings (SSSR count). The van der Waals surface area contributed by atoms with Crippen molar-refractivity contribution in [2.24, 2.45) is 17.8 Å². The first-order valence-electron chi connectivity index (χ1n) is 8.88. The van der Waals surface area contributed by atoms with Crippen molar-refractivity contribution in [3.63, 3.8) is 0 Å². The van der Waals surface area contributed by atoms with Crippen LogP contribution in [0, 0.1) is 31.6 Å². The van der Waals surface area contributed by atoms with Crippen molar-refractivity contribution in [3.05, 3.63) is 34.9 Å². The number of carbonyl (C=O) groups excluding carboxylic acids is 1. The fourth-order valence-corrected chi connectivity index (χ4v) is 4.58. The minimum absolute atomic E-state index is 0.291. The van der Waals surface area contributed by atoms with Crippen molar-refractivity contribution in [2.75, 3.05) is 39.3 Å². The van der Waals surface area contributed by atoms with Gasteiger partial charge in [-0.2, -0.15) is 0 Å². The molecule has 1 aromatic rings. The Morgan fingerprint density at radius 3 is 2.43 bits per heavy atom. The van der Waals surface area contributed by atoms with Gasteiger partial charge in [0.25, 0.3) is 0 Å². The van der Waals surface area contributed by atoms with Crippen molar-refractivity contribution in [1.82, 2.24) is 15.1 Å². The molecular weight excluding hydrogens is 286 g/mol. The molecular formula is C19H27N3O. The van der Waals surface area contributed by atoms with E-state index in [1.54, 1.807) is 0 Å². The van der Waals surface area contributed by atoms with Crippen molar-refractivity contribution < 1.29 is 4.79 Å². The summed E-state index contributed by atoms with van der Waals surface area (Å²) in [4.78, 5) is 16.9. The van der Waals surface area contributed by atoms with Crippen molar-refractivity contribution in [2.45, 2.75) is 20.4 Å². The van der Waals surface area contributed by atoms with E-state index in [1.165, 1.54) is 29.8 Å². The molecule has 0 radical (unpaired) electrons. The fourth-order valence-electron chi connectivity index (χ4n) is 4.58. The Balaban J connectivity index is 1.31. The molecule has 1 unspecified atom stereocenters. The molecule has 4 nitrogen and oxygen atoms in total. The minimum atomic E-state index is 0.291. The van der Waals surface area contributed by atoms with Crippen LogP contribution in [0.2, 0.25) is 0 Å². The van der Waals surface area contributed by atoms with Gasteiger partial charge in [0.05, 0.1) is 6.54 Å². The highest BCUT2D eigenvalue weighted by Gasteiger charge is 2.53. The Bertz CT molecular complexity index is 584. The molecule has 3 fully saturated rings. The van der Waals surface area contributed by atoms with Crippen LogP contribution in [-0.2, 0) is 11.3 Å². The average Bonchev–Trinajstić information content (AvgIpc) is 2.92. The Labute approximate surface area is 138 Å². The van der Waals surface area contributed by atoms with Gasteiger partial charge in [-0.15, -0.1) is 0 Å². The molecule has 1 N–H and O–H groups in total. The van der Waals surface area contributed by atoms with E-state index in [-0.39, 0.29) is 0 Å². The van der Waals surface area contributed by atoms with Crippen LogP contribution in [0.4, 0.5) is 0 Å². The molecule has 4 heteroatoms. The summed E-state index contributed by atoms with van der Waals surface area (Å²) in [5.74, 6) is 2.91. The highest BCUT2D eigenvalue weighted by Crippen LogP contribution is 2.48. The summed E-state index contributed by atoms with van der Waals surface area (Å²) in [5, 5.41) is 3.45. The third-order valence-electron chi connectivity index (χ3n) is 5.79. The Morgan fingerprint density at radius 2 is 1.78 bits per heavy atom. The lowest BCUT2D eigenvalue weighted by Gasteiger charge is -2.34. The number of carbonyl (C=O) groups is 1. The normalized spacial score (nSPS) is 30.6. The van der Waals surface area contributed by atoms with Gasteiger partial charge in [0.2, 0.25) is 5.91 Å². The van der Waals surface area contributed by atoms with Crippen LogP contribution in [-0.4, -0.2) is 55.0 Å². The number of hydrogen-bond donors (Lipinski definition) is 1. The molecule has 0 bridgehead atoms. The van der Waals surface area contributed by atoms with Crippen LogP contribution in [0.5, 0.6) is 0 Å². The van der Waals surface area contributed by atoms with E-state index >= 15 is 0 Å². The topological polar surface area (TPSA) is 35.6 Å². The van der Waals surface area contributed by atoms with Gasteiger partial charge in [0.15, 0.2) is 0 Å². The summed E-state index contributed by atoms with van der Waals surface area (Å²) >= 11 is 0. The number of nitrogens with one attached hydrogen (secondary N) is 1. The highest BCUT2D eigenvalue weighted by molar-refractivity contribution is 5.79. The number of piperazine rings is 1. The maximum Gasteiger partial charge on any atom is 0.237 e. The van der Waals surface area contributed by atoms with Crippen LogP contribution in [0.25, 0.3) is 0 Å². The molecule has 3 atom stereocenters. The number of nitrogens with zero attached hydrogens (tertiary/aromatic N) is 2. The summed E-state index contributed by atoms with van der Waals surface area (Å²) in [6.45, 7) is 11.0. The zero-order chi connectivity index (χ0) is 16.0. The van der Waals surface area contributed by atoms with Gasteiger partial charge in [-0.3, -0.25) is 9.69 Å². The Kier molecular flexibility index (Phi) is 3.90. The molecule has 23 heavy (non-hydrogen) atoms.